The van der Waals surface area contributed by atoms with Crippen LogP contribution in [-0.4, -0.2) is 25.7 Å². The van der Waals surface area contributed by atoms with Crippen molar-refractivity contribution in [2.75, 3.05) is 13.7 Å². The summed E-state index contributed by atoms with van der Waals surface area (Å²) in [6, 6.07) is 4.17. The lowest BCUT2D eigenvalue weighted by atomic mass is 10.2. The fraction of sp³-hybridized carbons (Fsp3) is 0.462. The van der Waals surface area contributed by atoms with Gasteiger partial charge in [0.1, 0.15) is 11.6 Å². The molecule has 0 amide bonds. The number of benzene rings is 1. The quantitative estimate of drug-likeness (QED) is 0.788. The van der Waals surface area contributed by atoms with Gasteiger partial charge in [-0.2, -0.15) is 0 Å². The van der Waals surface area contributed by atoms with Gasteiger partial charge in [0.2, 0.25) is 0 Å². The number of ether oxygens (including phenoxy) is 2. The minimum absolute atomic E-state index is 0.175. The average Bonchev–Trinajstić information content (AvgIpc) is 2.27. The third kappa shape index (κ3) is 4.71. The zero-order valence-corrected chi connectivity index (χ0v) is 10.8. The number of halogens is 1. The Kier molecular flexibility index (Phi) is 5.58. The number of nitrogens with one attached hydrogen (secondary N) is 1. The molecule has 0 radical (unpaired) electrons. The van der Waals surface area contributed by atoms with E-state index in [1.165, 1.54) is 18.2 Å². The van der Waals surface area contributed by atoms with Crippen LogP contribution in [0, 0.1) is 5.82 Å². The molecule has 18 heavy (non-hydrogen) atoms. The van der Waals surface area contributed by atoms with Gasteiger partial charge in [-0.25, -0.2) is 9.18 Å². The predicted octanol–water partition coefficient (Wildman–Crippen LogP) is 1.88. The molecule has 0 saturated heterocycles. The minimum Gasteiger partial charge on any atom is -0.482 e. The van der Waals surface area contributed by atoms with Crippen LogP contribution in [0.25, 0.3) is 0 Å². The van der Waals surface area contributed by atoms with E-state index in [0.29, 0.717) is 17.9 Å². The molecule has 4 nitrogen and oxygen atoms in total. The van der Waals surface area contributed by atoms with Gasteiger partial charge in [0.05, 0.1) is 6.10 Å². The lowest BCUT2D eigenvalue weighted by Gasteiger charge is -2.12. The van der Waals surface area contributed by atoms with Gasteiger partial charge in [0, 0.05) is 12.1 Å². The third-order valence-corrected chi connectivity index (χ3v) is 2.10. The van der Waals surface area contributed by atoms with Crippen molar-refractivity contribution in [1.82, 2.24) is 5.32 Å². The van der Waals surface area contributed by atoms with Crippen LogP contribution in [0.2, 0.25) is 0 Å². The molecule has 100 valence electrons. The van der Waals surface area contributed by atoms with E-state index < -0.39 is 5.97 Å². The Morgan fingerprint density at radius 1 is 1.44 bits per heavy atom. The van der Waals surface area contributed by atoms with Gasteiger partial charge in [-0.1, -0.05) is 0 Å². The van der Waals surface area contributed by atoms with Crippen LogP contribution in [0.15, 0.2) is 18.2 Å². The van der Waals surface area contributed by atoms with E-state index >= 15 is 0 Å². The van der Waals surface area contributed by atoms with Crippen LogP contribution < -0.4 is 10.1 Å². The molecule has 1 rings (SSSR count). The fourth-order valence-corrected chi connectivity index (χ4v) is 1.45. The lowest BCUT2D eigenvalue weighted by Crippen LogP contribution is -2.19. The van der Waals surface area contributed by atoms with Crippen LogP contribution in [-0.2, 0) is 16.1 Å². The standard InChI is InChI=1S/C13H18FNO3/c1-9(2)18-13(16)8-17-12-5-4-11(14)6-10(12)7-15-3/h4-6,9,15H,7-8H2,1-3H3. The smallest absolute Gasteiger partial charge is 0.344 e. The first-order chi connectivity index (χ1) is 8.52. The third-order valence-electron chi connectivity index (χ3n) is 2.10. The van der Waals surface area contributed by atoms with Crippen molar-refractivity contribution in [2.45, 2.75) is 26.5 Å². The molecule has 0 aliphatic rings. The van der Waals surface area contributed by atoms with E-state index in [2.05, 4.69) is 5.32 Å². The second kappa shape index (κ2) is 6.96. The van der Waals surface area contributed by atoms with E-state index in [1.807, 2.05) is 0 Å². The monoisotopic (exact) mass is 255 g/mol. The van der Waals surface area contributed by atoms with Gasteiger partial charge in [-0.05, 0) is 39.1 Å². The van der Waals surface area contributed by atoms with Crippen molar-refractivity contribution in [3.8, 4) is 5.75 Å². The lowest BCUT2D eigenvalue weighted by molar-refractivity contribution is -0.149. The highest BCUT2D eigenvalue weighted by Gasteiger charge is 2.09. The summed E-state index contributed by atoms with van der Waals surface area (Å²) in [6.07, 6.45) is -0.175. The van der Waals surface area contributed by atoms with E-state index in [9.17, 15) is 9.18 Å². The van der Waals surface area contributed by atoms with E-state index in [1.54, 1.807) is 20.9 Å². The van der Waals surface area contributed by atoms with Crippen LogP contribution in [0.5, 0.6) is 5.75 Å². The van der Waals surface area contributed by atoms with Crippen LogP contribution in [0.1, 0.15) is 19.4 Å². The summed E-state index contributed by atoms with van der Waals surface area (Å²) in [5.74, 6) is -0.298. The molecule has 1 aromatic rings. The first-order valence-corrected chi connectivity index (χ1v) is 5.78. The number of carbonyl (C=O) groups is 1. The molecule has 0 aliphatic carbocycles. The summed E-state index contributed by atoms with van der Waals surface area (Å²) in [5, 5.41) is 2.91. The topological polar surface area (TPSA) is 47.6 Å². The number of hydrogen-bond donors (Lipinski definition) is 1. The Balaban J connectivity index is 2.63. The fourth-order valence-electron chi connectivity index (χ4n) is 1.45. The first kappa shape index (κ1) is 14.4. The largest absolute Gasteiger partial charge is 0.482 e. The summed E-state index contributed by atoms with van der Waals surface area (Å²) in [7, 11) is 1.75. The average molecular weight is 255 g/mol. The predicted molar refractivity (Wildman–Crippen MR) is 65.9 cm³/mol. The normalized spacial score (nSPS) is 10.5. The first-order valence-electron chi connectivity index (χ1n) is 5.78. The zero-order valence-electron chi connectivity index (χ0n) is 10.8. The molecule has 5 heteroatoms. The van der Waals surface area contributed by atoms with E-state index in [4.69, 9.17) is 9.47 Å². The minimum atomic E-state index is -0.440. The van der Waals surface area contributed by atoms with Gasteiger partial charge >= 0.3 is 5.97 Å². The maximum absolute atomic E-state index is 13.1. The second-order valence-corrected chi connectivity index (χ2v) is 4.11. The summed E-state index contributed by atoms with van der Waals surface area (Å²) in [4.78, 5) is 11.3. The second-order valence-electron chi connectivity index (χ2n) is 4.11. The van der Waals surface area contributed by atoms with Crippen molar-refractivity contribution in [3.05, 3.63) is 29.6 Å². The number of esters is 1. The van der Waals surface area contributed by atoms with Crippen molar-refractivity contribution in [2.24, 2.45) is 0 Å². The van der Waals surface area contributed by atoms with Crippen LogP contribution >= 0.6 is 0 Å². The molecule has 1 N–H and O–H groups in total. The Labute approximate surface area is 106 Å². The molecule has 0 bridgehead atoms. The molecular weight excluding hydrogens is 237 g/mol. The molecule has 0 spiro atoms. The van der Waals surface area contributed by atoms with Crippen molar-refractivity contribution >= 4 is 5.97 Å². The Bertz CT molecular complexity index is 407. The zero-order chi connectivity index (χ0) is 13.5. The van der Waals surface area contributed by atoms with Gasteiger partial charge in [-0.15, -0.1) is 0 Å². The van der Waals surface area contributed by atoms with Crippen molar-refractivity contribution < 1.29 is 18.7 Å². The van der Waals surface area contributed by atoms with Crippen molar-refractivity contribution in [3.63, 3.8) is 0 Å². The molecule has 0 heterocycles. The molecule has 1 aromatic carbocycles. The highest BCUT2D eigenvalue weighted by molar-refractivity contribution is 5.71. The molecule has 0 aromatic heterocycles. The Morgan fingerprint density at radius 3 is 2.78 bits per heavy atom. The summed E-state index contributed by atoms with van der Waals surface area (Å²) in [5.41, 5.74) is 0.662. The Morgan fingerprint density at radius 2 is 2.17 bits per heavy atom. The number of rotatable bonds is 6. The maximum atomic E-state index is 13.1. The van der Waals surface area contributed by atoms with Crippen LogP contribution in [0.3, 0.4) is 0 Å². The van der Waals surface area contributed by atoms with Gasteiger partial charge < -0.3 is 14.8 Å². The summed E-state index contributed by atoms with van der Waals surface area (Å²) in [6.45, 7) is 3.82. The van der Waals surface area contributed by atoms with Gasteiger partial charge in [0.15, 0.2) is 6.61 Å². The molecule has 0 atom stereocenters. The van der Waals surface area contributed by atoms with Crippen molar-refractivity contribution in [1.29, 1.82) is 0 Å². The molecule has 0 unspecified atom stereocenters. The van der Waals surface area contributed by atoms with Gasteiger partial charge in [-0.3, -0.25) is 0 Å². The summed E-state index contributed by atoms with van der Waals surface area (Å²) < 4.78 is 23.3. The number of hydrogen-bond acceptors (Lipinski definition) is 4. The Hall–Kier alpha value is -1.62. The highest BCUT2D eigenvalue weighted by Crippen LogP contribution is 2.19. The molecule has 0 saturated carbocycles. The highest BCUT2D eigenvalue weighted by atomic mass is 19.1. The number of carbonyl (C=O) groups excluding carboxylic acids is 1. The SMILES string of the molecule is CNCc1cc(F)ccc1OCC(=O)OC(C)C. The molecule has 0 fully saturated rings. The molecular formula is C13H18FNO3. The van der Waals surface area contributed by atoms with Gasteiger partial charge in [0.25, 0.3) is 0 Å². The summed E-state index contributed by atoms with van der Waals surface area (Å²) >= 11 is 0. The molecule has 0 aliphatic heterocycles. The van der Waals surface area contributed by atoms with E-state index in [-0.39, 0.29) is 18.5 Å². The van der Waals surface area contributed by atoms with Crippen LogP contribution in [0.4, 0.5) is 4.39 Å². The maximum Gasteiger partial charge on any atom is 0.344 e. The van der Waals surface area contributed by atoms with E-state index in [0.717, 1.165) is 0 Å².